The first-order chi connectivity index (χ1) is 16.2. The lowest BCUT2D eigenvalue weighted by Gasteiger charge is -2.36. The van der Waals surface area contributed by atoms with Gasteiger partial charge < -0.3 is 9.80 Å². The number of nitro groups is 1. The highest BCUT2D eigenvalue weighted by molar-refractivity contribution is 7.89. The van der Waals surface area contributed by atoms with Crippen molar-refractivity contribution in [1.82, 2.24) is 9.71 Å². The molecule has 34 heavy (non-hydrogen) atoms. The average molecular weight is 486 g/mol. The summed E-state index contributed by atoms with van der Waals surface area (Å²) in [5, 5.41) is 11.1. The van der Waals surface area contributed by atoms with Gasteiger partial charge in [-0.05, 0) is 55.0 Å². The zero-order chi connectivity index (χ0) is 24.3. The average Bonchev–Trinajstić information content (AvgIpc) is 2.83. The van der Waals surface area contributed by atoms with E-state index >= 15 is 0 Å². The number of hydrogen-bond donors (Lipinski definition) is 1. The smallest absolute Gasteiger partial charge is 0.273 e. The monoisotopic (exact) mass is 485 g/mol. The van der Waals surface area contributed by atoms with Crippen LogP contribution in [0.2, 0.25) is 0 Å². The van der Waals surface area contributed by atoms with Gasteiger partial charge in [0, 0.05) is 56.2 Å². The second kappa shape index (κ2) is 9.74. The second-order valence-electron chi connectivity index (χ2n) is 7.95. The number of hydrogen-bond acceptors (Lipinski definition) is 7. The molecule has 0 aliphatic carbocycles. The predicted molar refractivity (Wildman–Crippen MR) is 127 cm³/mol. The Morgan fingerprint density at radius 3 is 2.41 bits per heavy atom. The lowest BCUT2D eigenvalue weighted by molar-refractivity contribution is -0.385. The Balaban J connectivity index is 1.41. The summed E-state index contributed by atoms with van der Waals surface area (Å²) in [6, 6.07) is 14.0. The molecule has 1 N–H and O–H groups in total. The molecule has 0 radical (unpaired) electrons. The molecule has 2 heterocycles. The molecule has 1 aliphatic heterocycles. The first kappa shape index (κ1) is 23.6. The third-order valence-electron chi connectivity index (χ3n) is 5.81. The van der Waals surface area contributed by atoms with E-state index in [9.17, 15) is 22.9 Å². The quantitative estimate of drug-likeness (QED) is 0.404. The number of nitrogens with zero attached hydrogens (tertiary/aromatic N) is 4. The number of nitrogens with one attached hydrogen (secondary N) is 1. The van der Waals surface area contributed by atoms with Crippen molar-refractivity contribution in [3.8, 4) is 0 Å². The van der Waals surface area contributed by atoms with Gasteiger partial charge in [0.15, 0.2) is 0 Å². The fraction of sp³-hybridized carbons (Fsp3) is 0.261. The highest BCUT2D eigenvalue weighted by Crippen LogP contribution is 2.25. The van der Waals surface area contributed by atoms with Crippen molar-refractivity contribution in [3.63, 3.8) is 0 Å². The van der Waals surface area contributed by atoms with E-state index in [4.69, 9.17) is 0 Å². The first-order valence-corrected chi connectivity index (χ1v) is 12.2. The van der Waals surface area contributed by atoms with Gasteiger partial charge in [0.25, 0.3) is 5.69 Å². The van der Waals surface area contributed by atoms with Gasteiger partial charge in [0.2, 0.25) is 10.0 Å². The van der Waals surface area contributed by atoms with E-state index in [1.165, 1.54) is 37.3 Å². The minimum Gasteiger partial charge on any atom is -0.368 e. The van der Waals surface area contributed by atoms with E-state index in [0.29, 0.717) is 13.1 Å². The van der Waals surface area contributed by atoms with Crippen molar-refractivity contribution >= 4 is 27.2 Å². The van der Waals surface area contributed by atoms with E-state index in [-0.39, 0.29) is 28.5 Å². The Morgan fingerprint density at radius 2 is 1.74 bits per heavy atom. The van der Waals surface area contributed by atoms with E-state index in [0.717, 1.165) is 30.2 Å². The summed E-state index contributed by atoms with van der Waals surface area (Å²) >= 11 is 0. The van der Waals surface area contributed by atoms with Crippen molar-refractivity contribution < 1.29 is 17.7 Å². The molecule has 0 spiro atoms. The Bertz CT molecular complexity index is 1290. The lowest BCUT2D eigenvalue weighted by atomic mass is 10.2. The van der Waals surface area contributed by atoms with Gasteiger partial charge in [0.05, 0.1) is 9.82 Å². The number of pyridine rings is 1. The van der Waals surface area contributed by atoms with Gasteiger partial charge in [-0.15, -0.1) is 0 Å². The summed E-state index contributed by atoms with van der Waals surface area (Å²) in [6.45, 7) is 4.36. The van der Waals surface area contributed by atoms with Crippen molar-refractivity contribution in [2.45, 2.75) is 18.4 Å². The SMILES string of the molecule is Cc1c([N+](=O)[O-])cccc1S(=O)(=O)NCc1ccnc(N2CCN(c3ccc(F)cc3)CC2)c1. The molecule has 1 saturated heterocycles. The maximum atomic E-state index is 13.2. The summed E-state index contributed by atoms with van der Waals surface area (Å²) < 4.78 is 41.3. The molecule has 3 aromatic rings. The minimum absolute atomic E-state index is 0.0233. The normalized spacial score (nSPS) is 14.3. The van der Waals surface area contributed by atoms with Crippen molar-refractivity contribution in [3.05, 3.63) is 87.9 Å². The summed E-state index contributed by atoms with van der Waals surface area (Å²) in [5.41, 5.74) is 1.54. The fourth-order valence-electron chi connectivity index (χ4n) is 3.94. The Hall–Kier alpha value is -3.57. The summed E-state index contributed by atoms with van der Waals surface area (Å²) in [4.78, 5) is 19.1. The molecule has 0 saturated carbocycles. The molecule has 0 unspecified atom stereocenters. The molecule has 178 valence electrons. The molecular weight excluding hydrogens is 461 g/mol. The lowest BCUT2D eigenvalue weighted by Crippen LogP contribution is -2.46. The molecule has 0 bridgehead atoms. The third-order valence-corrected chi connectivity index (χ3v) is 7.36. The molecule has 9 nitrogen and oxygen atoms in total. The molecule has 0 amide bonds. The fourth-order valence-corrected chi connectivity index (χ4v) is 5.21. The van der Waals surface area contributed by atoms with Gasteiger partial charge in [0.1, 0.15) is 11.6 Å². The highest BCUT2D eigenvalue weighted by Gasteiger charge is 2.23. The number of benzene rings is 2. The maximum Gasteiger partial charge on any atom is 0.273 e. The van der Waals surface area contributed by atoms with Crippen LogP contribution in [-0.4, -0.2) is 44.5 Å². The van der Waals surface area contributed by atoms with Crippen molar-refractivity contribution in [1.29, 1.82) is 0 Å². The van der Waals surface area contributed by atoms with Gasteiger partial charge >= 0.3 is 0 Å². The van der Waals surface area contributed by atoms with Crippen molar-refractivity contribution in [2.75, 3.05) is 36.0 Å². The molecule has 1 fully saturated rings. The van der Waals surface area contributed by atoms with E-state index in [1.54, 1.807) is 24.4 Å². The van der Waals surface area contributed by atoms with Crippen LogP contribution in [0.25, 0.3) is 0 Å². The zero-order valence-electron chi connectivity index (χ0n) is 18.5. The largest absolute Gasteiger partial charge is 0.368 e. The maximum absolute atomic E-state index is 13.2. The molecule has 0 atom stereocenters. The molecule has 11 heteroatoms. The molecule has 1 aliphatic rings. The van der Waals surface area contributed by atoms with Crippen LogP contribution in [-0.2, 0) is 16.6 Å². The molecule has 4 rings (SSSR count). The topological polar surface area (TPSA) is 109 Å². The first-order valence-electron chi connectivity index (χ1n) is 10.7. The summed E-state index contributed by atoms with van der Waals surface area (Å²) in [6.07, 6.45) is 1.63. The number of nitro benzene ring substituents is 1. The van der Waals surface area contributed by atoms with Crippen LogP contribution in [0, 0.1) is 22.9 Å². The van der Waals surface area contributed by atoms with Crippen LogP contribution in [0.3, 0.4) is 0 Å². The second-order valence-corrected chi connectivity index (χ2v) is 9.69. The Kier molecular flexibility index (Phi) is 6.75. The van der Waals surface area contributed by atoms with Gasteiger partial charge in [-0.3, -0.25) is 10.1 Å². The molecule has 1 aromatic heterocycles. The highest BCUT2D eigenvalue weighted by atomic mass is 32.2. The van der Waals surface area contributed by atoms with Crippen LogP contribution < -0.4 is 14.5 Å². The Morgan fingerprint density at radius 1 is 1.06 bits per heavy atom. The zero-order valence-corrected chi connectivity index (χ0v) is 19.3. The molecule has 2 aromatic carbocycles. The number of piperazine rings is 1. The van der Waals surface area contributed by atoms with Crippen LogP contribution in [0.1, 0.15) is 11.1 Å². The number of sulfonamides is 1. The van der Waals surface area contributed by atoms with E-state index in [1.807, 2.05) is 6.07 Å². The van der Waals surface area contributed by atoms with Crippen LogP contribution in [0.4, 0.5) is 21.6 Å². The Labute approximate surface area is 197 Å². The third kappa shape index (κ3) is 5.15. The molecular formula is C23H24FN5O4S. The van der Waals surface area contributed by atoms with Gasteiger partial charge in [-0.2, -0.15) is 0 Å². The number of rotatable bonds is 7. The summed E-state index contributed by atoms with van der Waals surface area (Å²) in [5.74, 6) is 0.474. The standard InChI is InChI=1S/C23H24FN5O4S/c1-17-21(29(30)31)3-2-4-22(17)34(32,33)26-16-18-9-10-25-23(15-18)28-13-11-27(12-14-28)20-7-5-19(24)6-8-20/h2-10,15,26H,11-14,16H2,1H3. The van der Waals surface area contributed by atoms with Gasteiger partial charge in [-0.1, -0.05) is 6.07 Å². The van der Waals surface area contributed by atoms with Gasteiger partial charge in [-0.25, -0.2) is 22.5 Å². The van der Waals surface area contributed by atoms with Crippen LogP contribution in [0.15, 0.2) is 65.7 Å². The number of halogens is 1. The van der Waals surface area contributed by atoms with Crippen molar-refractivity contribution in [2.24, 2.45) is 0 Å². The van der Waals surface area contributed by atoms with E-state index in [2.05, 4.69) is 19.5 Å². The van der Waals surface area contributed by atoms with E-state index < -0.39 is 14.9 Å². The summed E-state index contributed by atoms with van der Waals surface area (Å²) in [7, 11) is -3.95. The minimum atomic E-state index is -3.95. The van der Waals surface area contributed by atoms with Crippen LogP contribution >= 0.6 is 0 Å². The predicted octanol–water partition coefficient (Wildman–Crippen LogP) is 3.24. The number of aromatic nitrogens is 1. The van der Waals surface area contributed by atoms with Crippen LogP contribution in [0.5, 0.6) is 0 Å². The number of anilines is 2.